The third kappa shape index (κ3) is 3.52. The van der Waals surface area contributed by atoms with Gasteiger partial charge in [-0.3, -0.25) is 14.5 Å². The first-order valence-electron chi connectivity index (χ1n) is 6.97. The van der Waals surface area contributed by atoms with Crippen molar-refractivity contribution in [3.63, 3.8) is 0 Å². The van der Waals surface area contributed by atoms with Crippen LogP contribution in [0.15, 0.2) is 18.2 Å². The van der Waals surface area contributed by atoms with E-state index in [1.54, 1.807) is 0 Å². The summed E-state index contributed by atoms with van der Waals surface area (Å²) < 4.78 is 0. The van der Waals surface area contributed by atoms with Crippen molar-refractivity contribution in [2.45, 2.75) is 25.8 Å². The molecule has 1 amide bonds. The first-order valence-corrected chi connectivity index (χ1v) is 6.97. The lowest BCUT2D eigenvalue weighted by atomic mass is 9.92. The summed E-state index contributed by atoms with van der Waals surface area (Å²) in [5.74, 6) is -1.15. The number of phenols is 2. The quantitative estimate of drug-likeness (QED) is 0.714. The molecule has 0 spiro atoms. The molecule has 1 saturated heterocycles. The summed E-state index contributed by atoms with van der Waals surface area (Å²) >= 11 is 0. The average Bonchev–Trinajstić information content (AvgIpc) is 2.40. The van der Waals surface area contributed by atoms with Crippen molar-refractivity contribution in [2.75, 3.05) is 13.1 Å². The number of piperidine rings is 1. The minimum Gasteiger partial charge on any atom is -0.508 e. The minimum atomic E-state index is -0.341. The molecule has 1 aromatic rings. The van der Waals surface area contributed by atoms with Gasteiger partial charge in [0.05, 0.1) is 18.0 Å². The lowest BCUT2D eigenvalue weighted by Crippen LogP contribution is -2.47. The fourth-order valence-corrected chi connectivity index (χ4v) is 2.66. The third-order valence-corrected chi connectivity index (χ3v) is 4.04. The van der Waals surface area contributed by atoms with Gasteiger partial charge in [-0.25, -0.2) is 0 Å². The average molecular weight is 292 g/mol. The Balaban J connectivity index is 2.08. The SMILES string of the molecule is CC1CCC(C(N)=O)CN1CC(=O)c1ccc(O)cc1O. The van der Waals surface area contributed by atoms with Crippen molar-refractivity contribution >= 4 is 11.7 Å². The van der Waals surface area contributed by atoms with Gasteiger partial charge < -0.3 is 15.9 Å². The summed E-state index contributed by atoms with van der Waals surface area (Å²) in [6.07, 6.45) is 1.55. The Hall–Kier alpha value is -2.08. The van der Waals surface area contributed by atoms with Crippen molar-refractivity contribution in [2.24, 2.45) is 11.7 Å². The van der Waals surface area contributed by atoms with E-state index in [4.69, 9.17) is 5.73 Å². The zero-order chi connectivity index (χ0) is 15.6. The van der Waals surface area contributed by atoms with Gasteiger partial charge in [-0.1, -0.05) is 0 Å². The van der Waals surface area contributed by atoms with Crippen LogP contribution in [0.5, 0.6) is 11.5 Å². The van der Waals surface area contributed by atoms with Crippen molar-refractivity contribution < 1.29 is 19.8 Å². The summed E-state index contributed by atoms with van der Waals surface area (Å²) in [5.41, 5.74) is 5.51. The maximum atomic E-state index is 12.3. The predicted octanol–water partition coefficient (Wildman–Crippen LogP) is 0.866. The van der Waals surface area contributed by atoms with Gasteiger partial charge in [0.2, 0.25) is 5.91 Å². The minimum absolute atomic E-state index is 0.0933. The molecule has 2 unspecified atom stereocenters. The standard InChI is InChI=1S/C15H20N2O4/c1-9-2-3-10(15(16)21)7-17(9)8-14(20)12-5-4-11(18)6-13(12)19/h4-6,9-10,18-19H,2-3,7-8H2,1H3,(H2,16,21). The van der Waals surface area contributed by atoms with Crippen LogP contribution in [0.1, 0.15) is 30.1 Å². The number of nitrogens with two attached hydrogens (primary N) is 1. The fraction of sp³-hybridized carbons (Fsp3) is 0.467. The number of hydrogen-bond donors (Lipinski definition) is 3. The molecule has 0 aliphatic carbocycles. The number of amides is 1. The van der Waals surface area contributed by atoms with Gasteiger partial charge in [0.15, 0.2) is 5.78 Å². The lowest BCUT2D eigenvalue weighted by Gasteiger charge is -2.36. The molecular weight excluding hydrogens is 272 g/mol. The Morgan fingerprint density at radius 1 is 1.33 bits per heavy atom. The second kappa shape index (κ2) is 6.13. The van der Waals surface area contributed by atoms with E-state index in [1.807, 2.05) is 11.8 Å². The number of benzene rings is 1. The Kier molecular flexibility index (Phi) is 4.47. The van der Waals surface area contributed by atoms with Crippen LogP contribution in [0.2, 0.25) is 0 Å². The molecule has 0 aromatic heterocycles. The van der Waals surface area contributed by atoms with Crippen molar-refractivity contribution in [1.82, 2.24) is 4.90 Å². The predicted molar refractivity (Wildman–Crippen MR) is 77.1 cm³/mol. The molecule has 6 nitrogen and oxygen atoms in total. The lowest BCUT2D eigenvalue weighted by molar-refractivity contribution is -0.123. The number of primary amides is 1. The van der Waals surface area contributed by atoms with E-state index in [0.717, 1.165) is 18.9 Å². The number of ketones is 1. The molecule has 0 radical (unpaired) electrons. The first-order chi connectivity index (χ1) is 9.88. The molecule has 21 heavy (non-hydrogen) atoms. The number of phenolic OH excluding ortho intramolecular Hbond substituents is 2. The number of rotatable bonds is 4. The third-order valence-electron chi connectivity index (χ3n) is 4.04. The van der Waals surface area contributed by atoms with E-state index in [-0.39, 0.29) is 47.3 Å². The Morgan fingerprint density at radius 2 is 2.05 bits per heavy atom. The van der Waals surface area contributed by atoms with E-state index in [9.17, 15) is 19.8 Å². The molecular formula is C15H20N2O4. The molecule has 1 fully saturated rings. The van der Waals surface area contributed by atoms with Gasteiger partial charge in [-0.15, -0.1) is 0 Å². The van der Waals surface area contributed by atoms with Gasteiger partial charge in [-0.05, 0) is 31.9 Å². The summed E-state index contributed by atoms with van der Waals surface area (Å²) in [4.78, 5) is 25.5. The first kappa shape index (κ1) is 15.3. The summed E-state index contributed by atoms with van der Waals surface area (Å²) in [7, 11) is 0. The number of carbonyl (C=O) groups is 2. The largest absolute Gasteiger partial charge is 0.508 e. The highest BCUT2D eigenvalue weighted by atomic mass is 16.3. The summed E-state index contributed by atoms with van der Waals surface area (Å²) in [5, 5.41) is 19.0. The molecule has 0 bridgehead atoms. The monoisotopic (exact) mass is 292 g/mol. The topological polar surface area (TPSA) is 104 Å². The van der Waals surface area contributed by atoms with E-state index >= 15 is 0 Å². The van der Waals surface area contributed by atoms with Gasteiger partial charge in [-0.2, -0.15) is 0 Å². The molecule has 1 heterocycles. The maximum Gasteiger partial charge on any atom is 0.221 e. The number of carbonyl (C=O) groups excluding carboxylic acids is 2. The highest BCUT2D eigenvalue weighted by Crippen LogP contribution is 2.25. The van der Waals surface area contributed by atoms with Crippen LogP contribution >= 0.6 is 0 Å². The molecule has 0 saturated carbocycles. The smallest absolute Gasteiger partial charge is 0.221 e. The van der Waals surface area contributed by atoms with Crippen molar-refractivity contribution in [3.8, 4) is 11.5 Å². The Labute approximate surface area is 123 Å². The molecule has 6 heteroatoms. The maximum absolute atomic E-state index is 12.3. The number of hydrogen-bond acceptors (Lipinski definition) is 5. The van der Waals surface area contributed by atoms with Crippen LogP contribution in [0.3, 0.4) is 0 Å². The zero-order valence-corrected chi connectivity index (χ0v) is 12.0. The second-order valence-corrected chi connectivity index (χ2v) is 5.58. The van der Waals surface area contributed by atoms with E-state index < -0.39 is 0 Å². The van der Waals surface area contributed by atoms with E-state index in [1.165, 1.54) is 12.1 Å². The molecule has 4 N–H and O–H groups in total. The van der Waals surface area contributed by atoms with Gasteiger partial charge in [0.25, 0.3) is 0 Å². The van der Waals surface area contributed by atoms with Crippen LogP contribution in [0.4, 0.5) is 0 Å². The molecule has 1 aromatic carbocycles. The van der Waals surface area contributed by atoms with Crippen LogP contribution < -0.4 is 5.73 Å². The van der Waals surface area contributed by atoms with Crippen molar-refractivity contribution in [1.29, 1.82) is 0 Å². The Bertz CT molecular complexity index is 559. The van der Waals surface area contributed by atoms with Crippen LogP contribution in [0, 0.1) is 5.92 Å². The van der Waals surface area contributed by atoms with Crippen LogP contribution in [-0.4, -0.2) is 45.9 Å². The molecule has 114 valence electrons. The number of likely N-dealkylation sites (tertiary alicyclic amines) is 1. The van der Waals surface area contributed by atoms with Gasteiger partial charge >= 0.3 is 0 Å². The molecule has 2 rings (SSSR count). The number of nitrogens with zero attached hydrogens (tertiary/aromatic N) is 1. The van der Waals surface area contributed by atoms with Crippen LogP contribution in [0.25, 0.3) is 0 Å². The highest BCUT2D eigenvalue weighted by molar-refractivity contribution is 6.00. The molecule has 1 aliphatic rings. The molecule has 1 aliphatic heterocycles. The summed E-state index contributed by atoms with van der Waals surface area (Å²) in [6.45, 7) is 2.57. The normalized spacial score (nSPS) is 22.9. The van der Waals surface area contributed by atoms with Gasteiger partial charge in [0.1, 0.15) is 11.5 Å². The highest BCUT2D eigenvalue weighted by Gasteiger charge is 2.30. The Morgan fingerprint density at radius 3 is 2.67 bits per heavy atom. The van der Waals surface area contributed by atoms with E-state index in [0.29, 0.717) is 6.54 Å². The second-order valence-electron chi connectivity index (χ2n) is 5.58. The van der Waals surface area contributed by atoms with Gasteiger partial charge in [0, 0.05) is 18.7 Å². The number of aromatic hydroxyl groups is 2. The summed E-state index contributed by atoms with van der Waals surface area (Å²) in [6, 6.07) is 4.08. The number of Topliss-reactive ketones (excluding diaryl/α,β-unsaturated/α-hetero) is 1. The van der Waals surface area contributed by atoms with E-state index in [2.05, 4.69) is 0 Å². The van der Waals surface area contributed by atoms with Crippen molar-refractivity contribution in [3.05, 3.63) is 23.8 Å². The fourth-order valence-electron chi connectivity index (χ4n) is 2.66. The zero-order valence-electron chi connectivity index (χ0n) is 12.0. The molecule has 2 atom stereocenters. The van der Waals surface area contributed by atoms with Crippen LogP contribution in [-0.2, 0) is 4.79 Å².